The molecule has 0 aliphatic heterocycles. The summed E-state index contributed by atoms with van der Waals surface area (Å²) in [5.74, 6) is 0.687. The Kier molecular flexibility index (Phi) is 17.9. The predicted octanol–water partition coefficient (Wildman–Crippen LogP) is 4.55. The third kappa shape index (κ3) is 14.2. The third-order valence-electron chi connectivity index (χ3n) is 6.37. The van der Waals surface area contributed by atoms with Gasteiger partial charge in [-0.1, -0.05) is 64.0 Å². The number of unbranched alkanes of at least 4 members (excludes halogenated alkanes) is 4. The molecule has 0 radical (unpaired) electrons. The number of esters is 1. The van der Waals surface area contributed by atoms with Crippen LogP contribution in [-0.2, 0) is 30.2 Å². The average molecular weight is 603 g/mol. The van der Waals surface area contributed by atoms with Gasteiger partial charge in [0.25, 0.3) is 0 Å². The van der Waals surface area contributed by atoms with Crippen molar-refractivity contribution in [1.82, 2.24) is 0 Å². The van der Waals surface area contributed by atoms with Crippen molar-refractivity contribution < 1.29 is 48.5 Å². The zero-order valence-electron chi connectivity index (χ0n) is 25.1. The van der Waals surface area contributed by atoms with Crippen molar-refractivity contribution in [2.24, 2.45) is 0 Å². The van der Waals surface area contributed by atoms with E-state index in [0.29, 0.717) is 17.1 Å². The molecule has 0 aliphatic rings. The molecular weight excluding hydrogens is 556 g/mol. The van der Waals surface area contributed by atoms with Gasteiger partial charge < -0.3 is 43.7 Å². The first kappa shape index (κ1) is 35.9. The number of hydrogen-bond donors (Lipinski definition) is 3. The molecule has 10 heteroatoms. The monoisotopic (exact) mass is 602 g/mol. The van der Waals surface area contributed by atoms with Crippen LogP contribution in [0.1, 0.15) is 44.6 Å². The van der Waals surface area contributed by atoms with Gasteiger partial charge in [0.1, 0.15) is 44.9 Å². The highest BCUT2D eigenvalue weighted by atomic mass is 16.6. The van der Waals surface area contributed by atoms with E-state index in [-0.39, 0.29) is 45.2 Å². The normalized spacial score (nSPS) is 11.6. The molecule has 0 spiro atoms. The van der Waals surface area contributed by atoms with Crippen LogP contribution in [0.5, 0.6) is 11.5 Å². The largest absolute Gasteiger partial charge is 0.491 e. The summed E-state index contributed by atoms with van der Waals surface area (Å²) in [6.07, 6.45) is 5.60. The van der Waals surface area contributed by atoms with E-state index in [1.165, 1.54) is 31.2 Å². The maximum absolute atomic E-state index is 11.9. The molecule has 2 aromatic rings. The SMILES string of the molecule is C=C(COCO)C(=O)OCCOc1ccc(CCCCCCC)c(-c2cccc(OCCOC(O)C(=C)COCO)c2)c1. The van der Waals surface area contributed by atoms with Crippen molar-refractivity contribution in [3.63, 3.8) is 0 Å². The lowest BCUT2D eigenvalue weighted by molar-refractivity contribution is -0.140. The minimum atomic E-state index is -1.22. The molecule has 2 aromatic carbocycles. The van der Waals surface area contributed by atoms with Gasteiger partial charge in [-0.05, 0) is 53.8 Å². The van der Waals surface area contributed by atoms with E-state index in [1.807, 2.05) is 36.4 Å². The molecule has 1 atom stereocenters. The molecule has 0 aliphatic carbocycles. The second kappa shape index (κ2) is 21.4. The highest BCUT2D eigenvalue weighted by Gasteiger charge is 2.12. The second-order valence-electron chi connectivity index (χ2n) is 9.78. The molecule has 43 heavy (non-hydrogen) atoms. The molecule has 0 aromatic heterocycles. The lowest BCUT2D eigenvalue weighted by Gasteiger charge is -2.16. The standard InChI is InChI=1S/C33H46O10/c1-4-5-6-7-8-10-27-13-14-30(41-16-18-43-33(37)26(3)22-39-24-35)20-31(27)28-11-9-12-29(19-28)40-15-17-42-32(36)25(2)21-38-23-34/h9,11-14,19-20,32,34-36H,2-8,10,15-18,21-24H2,1H3. The van der Waals surface area contributed by atoms with Crippen LogP contribution < -0.4 is 9.47 Å². The van der Waals surface area contributed by atoms with Crippen molar-refractivity contribution in [2.45, 2.75) is 51.7 Å². The van der Waals surface area contributed by atoms with Gasteiger partial charge >= 0.3 is 5.97 Å². The molecule has 0 saturated heterocycles. The van der Waals surface area contributed by atoms with Crippen LogP contribution in [0.25, 0.3) is 11.1 Å². The highest BCUT2D eigenvalue weighted by Crippen LogP contribution is 2.32. The summed E-state index contributed by atoms with van der Waals surface area (Å²) in [7, 11) is 0. The number of carbonyl (C=O) groups is 1. The first-order valence-corrected chi connectivity index (χ1v) is 14.6. The van der Waals surface area contributed by atoms with Crippen LogP contribution in [0.4, 0.5) is 0 Å². The number of benzene rings is 2. The Labute approximate surface area is 254 Å². The Morgan fingerprint density at radius 3 is 2.28 bits per heavy atom. The van der Waals surface area contributed by atoms with Gasteiger partial charge in [0, 0.05) is 5.57 Å². The Morgan fingerprint density at radius 1 is 0.837 bits per heavy atom. The fraction of sp³-hybridized carbons (Fsp3) is 0.485. The van der Waals surface area contributed by atoms with E-state index in [1.54, 1.807) is 0 Å². The summed E-state index contributed by atoms with van der Waals surface area (Å²) < 4.78 is 31.8. The third-order valence-corrected chi connectivity index (χ3v) is 6.37. The Bertz CT molecular complexity index is 1120. The quantitative estimate of drug-likeness (QED) is 0.0517. The minimum Gasteiger partial charge on any atom is -0.491 e. The molecule has 0 amide bonds. The van der Waals surface area contributed by atoms with Gasteiger partial charge in [0.2, 0.25) is 0 Å². The molecule has 238 valence electrons. The van der Waals surface area contributed by atoms with Gasteiger partial charge in [0.05, 0.1) is 25.4 Å². The van der Waals surface area contributed by atoms with Gasteiger partial charge in [-0.25, -0.2) is 4.79 Å². The van der Waals surface area contributed by atoms with E-state index in [9.17, 15) is 9.90 Å². The van der Waals surface area contributed by atoms with Crippen molar-refractivity contribution in [3.05, 3.63) is 72.3 Å². The molecule has 0 bridgehead atoms. The molecule has 2 rings (SSSR count). The molecule has 0 heterocycles. The number of rotatable bonds is 24. The van der Waals surface area contributed by atoms with Crippen molar-refractivity contribution in [3.8, 4) is 22.6 Å². The number of carbonyl (C=O) groups excluding carboxylic acids is 1. The summed E-state index contributed by atoms with van der Waals surface area (Å²) in [6.45, 7) is 8.91. The topological polar surface area (TPSA) is 133 Å². The van der Waals surface area contributed by atoms with Gasteiger partial charge in [-0.3, -0.25) is 0 Å². The van der Waals surface area contributed by atoms with Gasteiger partial charge in [-0.15, -0.1) is 0 Å². The van der Waals surface area contributed by atoms with Crippen molar-refractivity contribution >= 4 is 5.97 Å². The number of hydrogen-bond acceptors (Lipinski definition) is 10. The number of aryl methyl sites for hydroxylation is 1. The van der Waals surface area contributed by atoms with E-state index in [4.69, 9.17) is 38.6 Å². The predicted molar refractivity (Wildman–Crippen MR) is 163 cm³/mol. The lowest BCUT2D eigenvalue weighted by Crippen LogP contribution is -2.21. The van der Waals surface area contributed by atoms with Gasteiger partial charge in [0.15, 0.2) is 6.29 Å². The minimum absolute atomic E-state index is 0.00790. The first-order valence-electron chi connectivity index (χ1n) is 14.6. The molecule has 1 unspecified atom stereocenters. The molecule has 0 saturated carbocycles. The van der Waals surface area contributed by atoms with E-state index < -0.39 is 25.8 Å². The van der Waals surface area contributed by atoms with Crippen LogP contribution >= 0.6 is 0 Å². The zero-order chi connectivity index (χ0) is 31.3. The molecule has 0 fully saturated rings. The Morgan fingerprint density at radius 2 is 1.53 bits per heavy atom. The summed E-state index contributed by atoms with van der Waals surface area (Å²) in [4.78, 5) is 11.9. The summed E-state index contributed by atoms with van der Waals surface area (Å²) in [5, 5.41) is 27.4. The summed E-state index contributed by atoms with van der Waals surface area (Å²) in [6, 6.07) is 13.7. The number of ether oxygens (including phenoxy) is 6. The fourth-order valence-corrected chi connectivity index (χ4v) is 4.11. The summed E-state index contributed by atoms with van der Waals surface area (Å²) >= 11 is 0. The molecule has 3 N–H and O–H groups in total. The van der Waals surface area contributed by atoms with Crippen molar-refractivity contribution in [2.75, 3.05) is 53.2 Å². The molecule has 10 nitrogen and oxygen atoms in total. The van der Waals surface area contributed by atoms with Crippen LogP contribution in [0.2, 0.25) is 0 Å². The van der Waals surface area contributed by atoms with Crippen LogP contribution in [0.15, 0.2) is 66.8 Å². The van der Waals surface area contributed by atoms with Crippen LogP contribution in [0, 0.1) is 0 Å². The fourth-order valence-electron chi connectivity index (χ4n) is 4.11. The van der Waals surface area contributed by atoms with E-state index in [0.717, 1.165) is 24.0 Å². The maximum atomic E-state index is 11.9. The van der Waals surface area contributed by atoms with E-state index >= 15 is 0 Å². The van der Waals surface area contributed by atoms with Crippen LogP contribution in [0.3, 0.4) is 0 Å². The van der Waals surface area contributed by atoms with Crippen LogP contribution in [-0.4, -0.2) is 80.8 Å². The lowest BCUT2D eigenvalue weighted by atomic mass is 9.95. The van der Waals surface area contributed by atoms with Crippen molar-refractivity contribution in [1.29, 1.82) is 0 Å². The Balaban J connectivity index is 2.03. The Hall–Kier alpha value is -3.25. The first-order chi connectivity index (χ1) is 20.9. The highest BCUT2D eigenvalue weighted by molar-refractivity contribution is 5.87. The number of aliphatic hydroxyl groups excluding tert-OH is 3. The molecular formula is C33H46O10. The second-order valence-corrected chi connectivity index (χ2v) is 9.78. The summed E-state index contributed by atoms with van der Waals surface area (Å²) in [5.41, 5.74) is 3.60. The zero-order valence-corrected chi connectivity index (χ0v) is 25.1. The maximum Gasteiger partial charge on any atom is 0.335 e. The average Bonchev–Trinajstić information content (AvgIpc) is 3.02. The van der Waals surface area contributed by atoms with Gasteiger partial charge in [-0.2, -0.15) is 0 Å². The number of aliphatic hydroxyl groups is 3. The smallest absolute Gasteiger partial charge is 0.335 e. The van der Waals surface area contributed by atoms with E-state index in [2.05, 4.69) is 26.1 Å².